The van der Waals surface area contributed by atoms with E-state index in [2.05, 4.69) is 10.3 Å². The van der Waals surface area contributed by atoms with Gasteiger partial charge in [-0.3, -0.25) is 9.78 Å². The number of fused-ring (bicyclic) bond motifs is 1. The van der Waals surface area contributed by atoms with Gasteiger partial charge in [-0.1, -0.05) is 0 Å². The van der Waals surface area contributed by atoms with Crippen molar-refractivity contribution in [2.24, 2.45) is 0 Å². The maximum atomic E-state index is 12.5. The van der Waals surface area contributed by atoms with Crippen molar-refractivity contribution in [3.05, 3.63) is 69.3 Å². The maximum absolute atomic E-state index is 12.5. The summed E-state index contributed by atoms with van der Waals surface area (Å²) in [4.78, 5) is 28.5. The lowest BCUT2D eigenvalue weighted by atomic mass is 10.0. The predicted molar refractivity (Wildman–Crippen MR) is 103 cm³/mol. The van der Waals surface area contributed by atoms with Crippen molar-refractivity contribution in [1.82, 2.24) is 10.3 Å². The second-order valence-corrected chi connectivity index (χ2v) is 6.39. The van der Waals surface area contributed by atoms with Crippen LogP contribution in [0.3, 0.4) is 0 Å². The Bertz CT molecular complexity index is 1030. The minimum Gasteiger partial charge on any atom is -0.496 e. The van der Waals surface area contributed by atoms with Crippen LogP contribution in [0.2, 0.25) is 0 Å². The molecular weight excluding hydrogens is 344 g/mol. The largest absolute Gasteiger partial charge is 0.496 e. The molecule has 27 heavy (non-hydrogen) atoms. The van der Waals surface area contributed by atoms with Crippen LogP contribution >= 0.6 is 0 Å². The molecule has 0 atom stereocenters. The van der Waals surface area contributed by atoms with Gasteiger partial charge in [0, 0.05) is 41.9 Å². The Morgan fingerprint density at radius 2 is 1.89 bits per heavy atom. The van der Waals surface area contributed by atoms with E-state index in [1.54, 1.807) is 19.5 Å². The van der Waals surface area contributed by atoms with Gasteiger partial charge in [-0.15, -0.1) is 0 Å². The fourth-order valence-corrected chi connectivity index (χ4v) is 3.11. The number of nitrogens with zero attached hydrogens (tertiary/aromatic N) is 1. The number of hydrogen-bond donors (Lipinski definition) is 1. The molecule has 0 spiro atoms. The number of hydrogen-bond acceptors (Lipinski definition) is 5. The normalized spacial score (nSPS) is 10.8. The number of amides is 1. The van der Waals surface area contributed by atoms with E-state index in [1.807, 2.05) is 38.1 Å². The first kappa shape index (κ1) is 18.6. The van der Waals surface area contributed by atoms with Gasteiger partial charge in [-0.25, -0.2) is 4.79 Å². The van der Waals surface area contributed by atoms with Gasteiger partial charge in [0.1, 0.15) is 11.3 Å². The second kappa shape index (κ2) is 8.03. The van der Waals surface area contributed by atoms with Crippen molar-refractivity contribution < 1.29 is 13.9 Å². The molecule has 6 heteroatoms. The molecule has 1 N–H and O–H groups in total. The molecule has 1 aromatic carbocycles. The molecule has 2 heterocycles. The van der Waals surface area contributed by atoms with Gasteiger partial charge in [0.2, 0.25) is 5.91 Å². The fraction of sp³-hybridized carbons (Fsp3) is 0.286. The number of benzene rings is 1. The summed E-state index contributed by atoms with van der Waals surface area (Å²) >= 11 is 0. The molecule has 0 aliphatic carbocycles. The lowest BCUT2D eigenvalue weighted by Crippen LogP contribution is -2.24. The molecule has 0 aliphatic heterocycles. The smallest absolute Gasteiger partial charge is 0.339 e. The average Bonchev–Trinajstić information content (AvgIpc) is 2.68. The molecule has 0 bridgehead atoms. The summed E-state index contributed by atoms with van der Waals surface area (Å²) in [6.07, 6.45) is 3.92. The van der Waals surface area contributed by atoms with Gasteiger partial charge in [0.15, 0.2) is 0 Å². The lowest BCUT2D eigenvalue weighted by molar-refractivity contribution is -0.121. The SMILES string of the molecule is COc1ccc2c(C)c(CCC(=O)NCc3ccncc3)c(=O)oc2c1C. The number of carbonyl (C=O) groups excluding carboxylic acids is 1. The summed E-state index contributed by atoms with van der Waals surface area (Å²) in [6.45, 7) is 4.18. The van der Waals surface area contributed by atoms with Crippen molar-refractivity contribution in [1.29, 1.82) is 0 Å². The summed E-state index contributed by atoms with van der Waals surface area (Å²) < 4.78 is 10.8. The molecule has 2 aromatic heterocycles. The summed E-state index contributed by atoms with van der Waals surface area (Å²) in [5, 5.41) is 3.71. The molecule has 0 saturated heterocycles. The van der Waals surface area contributed by atoms with E-state index < -0.39 is 5.63 Å². The van der Waals surface area contributed by atoms with Gasteiger partial charge in [0.25, 0.3) is 0 Å². The minimum absolute atomic E-state index is 0.114. The Morgan fingerprint density at radius 1 is 1.15 bits per heavy atom. The quantitative estimate of drug-likeness (QED) is 0.678. The van der Waals surface area contributed by atoms with Crippen LogP contribution in [0.4, 0.5) is 0 Å². The number of carbonyl (C=O) groups is 1. The van der Waals surface area contributed by atoms with E-state index in [0.29, 0.717) is 29.9 Å². The van der Waals surface area contributed by atoms with E-state index in [9.17, 15) is 9.59 Å². The molecule has 0 saturated carbocycles. The highest BCUT2D eigenvalue weighted by Crippen LogP contribution is 2.29. The van der Waals surface area contributed by atoms with Crippen LogP contribution in [-0.2, 0) is 17.8 Å². The Balaban J connectivity index is 1.75. The highest BCUT2D eigenvalue weighted by molar-refractivity contribution is 5.85. The first-order valence-electron chi connectivity index (χ1n) is 8.76. The third kappa shape index (κ3) is 4.00. The summed E-state index contributed by atoms with van der Waals surface area (Å²) in [5.41, 5.74) is 3.27. The lowest BCUT2D eigenvalue weighted by Gasteiger charge is -2.11. The Morgan fingerprint density at radius 3 is 2.59 bits per heavy atom. The average molecular weight is 366 g/mol. The van der Waals surface area contributed by atoms with E-state index in [0.717, 1.165) is 22.1 Å². The summed E-state index contributed by atoms with van der Waals surface area (Å²) in [7, 11) is 1.58. The molecule has 0 unspecified atom stereocenters. The highest BCUT2D eigenvalue weighted by Gasteiger charge is 2.16. The van der Waals surface area contributed by atoms with Crippen LogP contribution in [0, 0.1) is 13.8 Å². The van der Waals surface area contributed by atoms with Gasteiger partial charge in [-0.2, -0.15) is 0 Å². The number of ether oxygens (including phenoxy) is 1. The molecule has 3 rings (SSSR count). The van der Waals surface area contributed by atoms with Gasteiger partial charge < -0.3 is 14.5 Å². The molecule has 3 aromatic rings. The number of nitrogens with one attached hydrogen (secondary N) is 1. The standard InChI is InChI=1S/C21H22N2O4/c1-13-16-4-6-18(26-3)14(2)20(16)27-21(25)17(13)5-7-19(24)23-12-15-8-10-22-11-9-15/h4,6,8-11H,5,7,12H2,1-3H3,(H,23,24). The number of aromatic nitrogens is 1. The molecule has 0 radical (unpaired) electrons. The molecule has 0 aliphatic rings. The van der Waals surface area contributed by atoms with Crippen LogP contribution in [-0.4, -0.2) is 18.0 Å². The Labute approximate surface area is 157 Å². The third-order valence-corrected chi connectivity index (χ3v) is 4.72. The van der Waals surface area contributed by atoms with E-state index >= 15 is 0 Å². The van der Waals surface area contributed by atoms with Crippen molar-refractivity contribution >= 4 is 16.9 Å². The van der Waals surface area contributed by atoms with Crippen LogP contribution < -0.4 is 15.7 Å². The van der Waals surface area contributed by atoms with E-state index in [1.165, 1.54) is 0 Å². The fourth-order valence-electron chi connectivity index (χ4n) is 3.11. The molecule has 1 amide bonds. The van der Waals surface area contributed by atoms with Gasteiger partial charge >= 0.3 is 5.63 Å². The van der Waals surface area contributed by atoms with E-state index in [-0.39, 0.29) is 12.3 Å². The highest BCUT2D eigenvalue weighted by atomic mass is 16.5. The van der Waals surface area contributed by atoms with Crippen LogP contribution in [0.5, 0.6) is 5.75 Å². The van der Waals surface area contributed by atoms with Crippen molar-refractivity contribution in [2.75, 3.05) is 7.11 Å². The van der Waals surface area contributed by atoms with E-state index in [4.69, 9.17) is 9.15 Å². The first-order valence-corrected chi connectivity index (χ1v) is 8.76. The molecule has 6 nitrogen and oxygen atoms in total. The number of aryl methyl sites for hydroxylation is 2. The predicted octanol–water partition coefficient (Wildman–Crippen LogP) is 3.06. The monoisotopic (exact) mass is 366 g/mol. The number of pyridine rings is 1. The zero-order valence-electron chi connectivity index (χ0n) is 15.7. The summed E-state index contributed by atoms with van der Waals surface area (Å²) in [6, 6.07) is 7.43. The summed E-state index contributed by atoms with van der Waals surface area (Å²) in [5.74, 6) is 0.560. The third-order valence-electron chi connectivity index (χ3n) is 4.72. The van der Waals surface area contributed by atoms with Crippen molar-refractivity contribution in [3.8, 4) is 5.75 Å². The zero-order valence-corrected chi connectivity index (χ0v) is 15.7. The number of rotatable bonds is 6. The van der Waals surface area contributed by atoms with Gasteiger partial charge in [0.05, 0.1) is 7.11 Å². The molecule has 140 valence electrons. The van der Waals surface area contributed by atoms with Crippen LogP contribution in [0.1, 0.15) is 28.7 Å². The molecular formula is C21H22N2O4. The Hall–Kier alpha value is -3.15. The zero-order chi connectivity index (χ0) is 19.4. The topological polar surface area (TPSA) is 81.4 Å². The first-order chi connectivity index (χ1) is 13.0. The molecule has 0 fully saturated rings. The van der Waals surface area contributed by atoms with Crippen LogP contribution in [0.15, 0.2) is 45.9 Å². The maximum Gasteiger partial charge on any atom is 0.339 e. The van der Waals surface area contributed by atoms with Crippen molar-refractivity contribution in [3.63, 3.8) is 0 Å². The Kier molecular flexibility index (Phi) is 5.54. The van der Waals surface area contributed by atoms with Crippen molar-refractivity contribution in [2.45, 2.75) is 33.2 Å². The number of methoxy groups -OCH3 is 1. The second-order valence-electron chi connectivity index (χ2n) is 6.39. The van der Waals surface area contributed by atoms with Gasteiger partial charge in [-0.05, 0) is 55.7 Å². The van der Waals surface area contributed by atoms with Crippen LogP contribution in [0.25, 0.3) is 11.0 Å². The minimum atomic E-state index is -0.404.